The Morgan fingerprint density at radius 1 is 1.12 bits per heavy atom. The number of methoxy groups -OCH3 is 2. The van der Waals surface area contributed by atoms with Crippen LogP contribution in [0.15, 0.2) is 42.5 Å². The number of carbonyl (C=O) groups excluding carboxylic acids is 1. The van der Waals surface area contributed by atoms with E-state index in [2.05, 4.69) is 5.32 Å². The van der Waals surface area contributed by atoms with Gasteiger partial charge in [0, 0.05) is 11.8 Å². The number of nitrogens with zero attached hydrogens (tertiary/aromatic N) is 1. The Bertz CT molecular complexity index is 885. The Morgan fingerprint density at radius 3 is 2.31 bits per heavy atom. The summed E-state index contributed by atoms with van der Waals surface area (Å²) in [6.45, 7) is -0.473. The first-order chi connectivity index (χ1) is 12.2. The highest BCUT2D eigenvalue weighted by Crippen LogP contribution is 2.33. The second-order valence-corrected chi connectivity index (χ2v) is 7.27. The first kappa shape index (κ1) is 19.5. The number of ether oxygens (including phenoxy) is 2. The number of amides is 1. The van der Waals surface area contributed by atoms with Crippen molar-refractivity contribution >= 4 is 27.3 Å². The smallest absolute Gasteiger partial charge is 0.245 e. The monoisotopic (exact) mass is 382 g/mol. The summed E-state index contributed by atoms with van der Waals surface area (Å²) in [5, 5.41) is 2.52. The maximum absolute atomic E-state index is 12.9. The minimum Gasteiger partial charge on any atom is -0.497 e. The van der Waals surface area contributed by atoms with Crippen LogP contribution >= 0.6 is 0 Å². The van der Waals surface area contributed by atoms with Gasteiger partial charge in [0.15, 0.2) is 0 Å². The van der Waals surface area contributed by atoms with Crippen LogP contribution < -0.4 is 19.1 Å². The van der Waals surface area contributed by atoms with E-state index in [4.69, 9.17) is 9.47 Å². The molecule has 26 heavy (non-hydrogen) atoms. The molecule has 0 aromatic heterocycles. The number of nitrogens with one attached hydrogen (secondary N) is 1. The van der Waals surface area contributed by atoms with Crippen molar-refractivity contribution in [2.45, 2.75) is 0 Å². The number of carbonyl (C=O) groups is 1. The standard InChI is InChI=1S/C17H19FN2O5S/c1-24-14-8-9-15(16(10-14)25-2)20(26(3,22)23)11-17(21)19-13-6-4-12(18)5-7-13/h4-10H,11H2,1-3H3,(H,19,21). The van der Waals surface area contributed by atoms with Crippen molar-refractivity contribution < 1.29 is 27.1 Å². The molecule has 0 saturated heterocycles. The number of halogens is 1. The summed E-state index contributed by atoms with van der Waals surface area (Å²) in [6, 6.07) is 9.72. The van der Waals surface area contributed by atoms with E-state index in [1.807, 2.05) is 0 Å². The van der Waals surface area contributed by atoms with Gasteiger partial charge in [-0.2, -0.15) is 0 Å². The van der Waals surface area contributed by atoms with Crippen molar-refractivity contribution in [3.05, 3.63) is 48.3 Å². The zero-order valence-electron chi connectivity index (χ0n) is 14.5. The highest BCUT2D eigenvalue weighted by atomic mass is 32.2. The number of hydrogen-bond donors (Lipinski definition) is 1. The number of anilines is 2. The van der Waals surface area contributed by atoms with Gasteiger partial charge in [0.1, 0.15) is 23.9 Å². The lowest BCUT2D eigenvalue weighted by Crippen LogP contribution is -2.37. The lowest BCUT2D eigenvalue weighted by molar-refractivity contribution is -0.114. The van der Waals surface area contributed by atoms with Crippen LogP contribution in [0.3, 0.4) is 0 Å². The van der Waals surface area contributed by atoms with Crippen molar-refractivity contribution in [1.29, 1.82) is 0 Å². The second-order valence-electron chi connectivity index (χ2n) is 5.36. The number of hydrogen-bond acceptors (Lipinski definition) is 5. The molecule has 2 rings (SSSR count). The van der Waals surface area contributed by atoms with Gasteiger partial charge in [-0.25, -0.2) is 12.8 Å². The minimum atomic E-state index is -3.77. The van der Waals surface area contributed by atoms with Gasteiger partial charge in [-0.1, -0.05) is 0 Å². The highest BCUT2D eigenvalue weighted by Gasteiger charge is 2.24. The molecule has 0 radical (unpaired) electrons. The number of sulfonamides is 1. The Kier molecular flexibility index (Phi) is 6.04. The van der Waals surface area contributed by atoms with E-state index >= 15 is 0 Å². The van der Waals surface area contributed by atoms with E-state index in [1.165, 1.54) is 50.6 Å². The largest absolute Gasteiger partial charge is 0.497 e. The Labute approximate surface area is 151 Å². The molecule has 7 nitrogen and oxygen atoms in total. The van der Waals surface area contributed by atoms with Crippen LogP contribution in [-0.4, -0.2) is 41.3 Å². The van der Waals surface area contributed by atoms with E-state index < -0.39 is 28.3 Å². The first-order valence-corrected chi connectivity index (χ1v) is 9.34. The molecule has 9 heteroatoms. The zero-order chi connectivity index (χ0) is 19.3. The predicted octanol–water partition coefficient (Wildman–Crippen LogP) is 2.25. The normalized spacial score (nSPS) is 10.9. The van der Waals surface area contributed by atoms with Crippen LogP contribution in [0.4, 0.5) is 15.8 Å². The number of benzene rings is 2. The third-order valence-corrected chi connectivity index (χ3v) is 4.60. The molecule has 0 unspecified atom stereocenters. The summed E-state index contributed by atoms with van der Waals surface area (Å²) in [4.78, 5) is 12.3. The maximum Gasteiger partial charge on any atom is 0.245 e. The fourth-order valence-corrected chi connectivity index (χ4v) is 3.10. The third kappa shape index (κ3) is 4.85. The zero-order valence-corrected chi connectivity index (χ0v) is 15.3. The Balaban J connectivity index is 2.28. The van der Waals surface area contributed by atoms with E-state index in [0.717, 1.165) is 10.6 Å². The van der Waals surface area contributed by atoms with E-state index in [1.54, 1.807) is 6.07 Å². The molecule has 0 aliphatic rings. The van der Waals surface area contributed by atoms with Crippen molar-refractivity contribution in [2.24, 2.45) is 0 Å². The van der Waals surface area contributed by atoms with Crippen LogP contribution in [0, 0.1) is 5.82 Å². The summed E-state index contributed by atoms with van der Waals surface area (Å²) in [5.41, 5.74) is 0.552. The van der Waals surface area contributed by atoms with Gasteiger partial charge in [-0.05, 0) is 36.4 Å². The van der Waals surface area contributed by atoms with Gasteiger partial charge in [-0.15, -0.1) is 0 Å². The highest BCUT2D eigenvalue weighted by molar-refractivity contribution is 7.92. The van der Waals surface area contributed by atoms with Crippen molar-refractivity contribution in [2.75, 3.05) is 36.6 Å². The lowest BCUT2D eigenvalue weighted by atomic mass is 10.2. The van der Waals surface area contributed by atoms with Crippen molar-refractivity contribution in [3.8, 4) is 11.5 Å². The average molecular weight is 382 g/mol. The molecule has 0 saturated carbocycles. The van der Waals surface area contributed by atoms with Crippen molar-refractivity contribution in [3.63, 3.8) is 0 Å². The quantitative estimate of drug-likeness (QED) is 0.794. The van der Waals surface area contributed by atoms with Gasteiger partial charge in [0.25, 0.3) is 0 Å². The second kappa shape index (κ2) is 8.05. The summed E-state index contributed by atoms with van der Waals surface area (Å²) in [6.07, 6.45) is 0.988. The molecular weight excluding hydrogens is 363 g/mol. The number of rotatable bonds is 7. The molecule has 0 atom stereocenters. The molecule has 1 amide bonds. The van der Waals surface area contributed by atoms with Gasteiger partial charge in [0.2, 0.25) is 15.9 Å². The van der Waals surface area contributed by atoms with Gasteiger partial charge >= 0.3 is 0 Å². The SMILES string of the molecule is COc1ccc(N(CC(=O)Nc2ccc(F)cc2)S(C)(=O)=O)c(OC)c1. The minimum absolute atomic E-state index is 0.199. The molecule has 1 N–H and O–H groups in total. The molecular formula is C17H19FN2O5S. The molecule has 0 spiro atoms. The third-order valence-electron chi connectivity index (χ3n) is 3.47. The Morgan fingerprint density at radius 2 is 1.77 bits per heavy atom. The fourth-order valence-electron chi connectivity index (χ4n) is 2.24. The van der Waals surface area contributed by atoms with E-state index in [9.17, 15) is 17.6 Å². The molecule has 0 fully saturated rings. The lowest BCUT2D eigenvalue weighted by Gasteiger charge is -2.24. The van der Waals surface area contributed by atoms with Gasteiger partial charge < -0.3 is 14.8 Å². The summed E-state index contributed by atoms with van der Waals surface area (Å²) < 4.78 is 48.6. The molecule has 140 valence electrons. The van der Waals surface area contributed by atoms with Crippen LogP contribution in [0.1, 0.15) is 0 Å². The van der Waals surface area contributed by atoms with E-state index in [0.29, 0.717) is 11.4 Å². The van der Waals surface area contributed by atoms with Crippen LogP contribution in [0.5, 0.6) is 11.5 Å². The average Bonchev–Trinajstić information content (AvgIpc) is 2.60. The van der Waals surface area contributed by atoms with Crippen LogP contribution in [-0.2, 0) is 14.8 Å². The molecule has 2 aromatic rings. The first-order valence-electron chi connectivity index (χ1n) is 7.49. The molecule has 0 aliphatic carbocycles. The summed E-state index contributed by atoms with van der Waals surface area (Å²) in [5.74, 6) is -0.303. The molecule has 0 aliphatic heterocycles. The van der Waals surface area contributed by atoms with Gasteiger partial charge in [-0.3, -0.25) is 9.10 Å². The molecule has 0 heterocycles. The van der Waals surface area contributed by atoms with Crippen molar-refractivity contribution in [1.82, 2.24) is 0 Å². The maximum atomic E-state index is 12.9. The van der Waals surface area contributed by atoms with E-state index in [-0.39, 0.29) is 11.4 Å². The topological polar surface area (TPSA) is 84.9 Å². The fraction of sp³-hybridized carbons (Fsp3) is 0.235. The Hall–Kier alpha value is -2.81. The summed E-state index contributed by atoms with van der Waals surface area (Å²) in [7, 11) is -0.915. The predicted molar refractivity (Wildman–Crippen MR) is 96.8 cm³/mol. The summed E-state index contributed by atoms with van der Waals surface area (Å²) >= 11 is 0. The van der Waals surface area contributed by atoms with Crippen LogP contribution in [0.2, 0.25) is 0 Å². The van der Waals surface area contributed by atoms with Gasteiger partial charge in [0.05, 0.1) is 26.2 Å². The molecule has 0 bridgehead atoms. The van der Waals surface area contributed by atoms with Crippen LogP contribution in [0.25, 0.3) is 0 Å². The molecule has 2 aromatic carbocycles.